The number of imidazole rings is 1. The summed E-state index contributed by atoms with van der Waals surface area (Å²) in [5, 5.41) is 0. The Hall–Kier alpha value is -2.44. The van der Waals surface area contributed by atoms with Gasteiger partial charge in [-0.25, -0.2) is 4.98 Å². The second-order valence-electron chi connectivity index (χ2n) is 8.27. The van der Waals surface area contributed by atoms with Gasteiger partial charge < -0.3 is 18.6 Å². The Morgan fingerprint density at radius 3 is 2.70 bits per heavy atom. The molecule has 0 bridgehead atoms. The molecule has 0 radical (unpaired) electrons. The van der Waals surface area contributed by atoms with Crippen molar-refractivity contribution in [3.63, 3.8) is 0 Å². The van der Waals surface area contributed by atoms with Crippen molar-refractivity contribution < 1.29 is 9.47 Å². The number of aryl methyl sites for hydroxylation is 2. The van der Waals surface area contributed by atoms with Crippen LogP contribution in [0.5, 0.6) is 0 Å². The van der Waals surface area contributed by atoms with Crippen molar-refractivity contribution in [1.29, 1.82) is 0 Å². The molecule has 0 amide bonds. The molecule has 1 aliphatic heterocycles. The van der Waals surface area contributed by atoms with Crippen molar-refractivity contribution in [3.05, 3.63) is 52.2 Å². The summed E-state index contributed by atoms with van der Waals surface area (Å²) in [6.07, 6.45) is 3.90. The highest BCUT2D eigenvalue weighted by molar-refractivity contribution is 5.83. The quantitative estimate of drug-likeness (QED) is 0.612. The topological polar surface area (TPSA) is 58.3 Å². The molecule has 1 saturated heterocycles. The standard InChI is InChI=1S/C24H31N3O3/c1-5-29-15-17(3)27-22-13-19(20-12-16(2)24(28)26(4)14-20)6-7-21(22)25-23(27)18-8-10-30-11-9-18/h6-7,12-14,17-18H,5,8-11,15H2,1-4H3/t17-/m0/s1. The van der Waals surface area contributed by atoms with Crippen molar-refractivity contribution >= 4 is 11.0 Å². The van der Waals surface area contributed by atoms with Crippen LogP contribution in [-0.4, -0.2) is 40.5 Å². The Kier molecular flexibility index (Phi) is 6.06. The molecule has 1 atom stereocenters. The fourth-order valence-corrected chi connectivity index (χ4v) is 4.40. The van der Waals surface area contributed by atoms with Crippen molar-refractivity contribution in [2.24, 2.45) is 7.05 Å². The monoisotopic (exact) mass is 409 g/mol. The second-order valence-corrected chi connectivity index (χ2v) is 8.27. The third kappa shape index (κ3) is 3.94. The fourth-order valence-electron chi connectivity index (χ4n) is 4.40. The highest BCUT2D eigenvalue weighted by Crippen LogP contribution is 2.33. The first-order chi connectivity index (χ1) is 14.5. The van der Waals surface area contributed by atoms with E-state index in [9.17, 15) is 4.79 Å². The molecule has 30 heavy (non-hydrogen) atoms. The third-order valence-corrected chi connectivity index (χ3v) is 6.00. The number of fused-ring (bicyclic) bond motifs is 1. The molecule has 0 saturated carbocycles. The number of benzene rings is 1. The van der Waals surface area contributed by atoms with E-state index in [1.165, 1.54) is 0 Å². The first-order valence-corrected chi connectivity index (χ1v) is 10.8. The highest BCUT2D eigenvalue weighted by atomic mass is 16.5. The molecule has 6 heteroatoms. The summed E-state index contributed by atoms with van der Waals surface area (Å²) in [6, 6.07) is 8.54. The molecule has 3 heterocycles. The number of ether oxygens (including phenoxy) is 2. The summed E-state index contributed by atoms with van der Waals surface area (Å²) in [4.78, 5) is 17.2. The molecule has 1 aliphatic rings. The van der Waals surface area contributed by atoms with Crippen LogP contribution < -0.4 is 5.56 Å². The molecule has 160 valence electrons. The predicted octanol–water partition coefficient (Wildman–Crippen LogP) is 4.20. The zero-order valence-corrected chi connectivity index (χ0v) is 18.4. The van der Waals surface area contributed by atoms with Crippen LogP contribution in [0.1, 0.15) is 50.0 Å². The fraction of sp³-hybridized carbons (Fsp3) is 0.500. The lowest BCUT2D eigenvalue weighted by molar-refractivity contribution is 0.0807. The SMILES string of the molecule is CCOC[C@H](C)n1c(C2CCOCC2)nc2ccc(-c3cc(C)c(=O)n(C)c3)cc21. The van der Waals surface area contributed by atoms with Gasteiger partial charge in [0.05, 0.1) is 23.7 Å². The minimum Gasteiger partial charge on any atom is -0.381 e. The number of pyridine rings is 1. The maximum atomic E-state index is 12.1. The summed E-state index contributed by atoms with van der Waals surface area (Å²) < 4.78 is 15.3. The first-order valence-electron chi connectivity index (χ1n) is 10.8. The summed E-state index contributed by atoms with van der Waals surface area (Å²) in [7, 11) is 1.80. The summed E-state index contributed by atoms with van der Waals surface area (Å²) in [5.74, 6) is 1.53. The summed E-state index contributed by atoms with van der Waals surface area (Å²) in [6.45, 7) is 9.02. The normalized spacial score (nSPS) is 16.3. The molecular weight excluding hydrogens is 378 g/mol. The molecule has 6 nitrogen and oxygen atoms in total. The van der Waals surface area contributed by atoms with Crippen molar-refractivity contribution in [2.45, 2.75) is 45.6 Å². The van der Waals surface area contributed by atoms with Gasteiger partial charge in [-0.3, -0.25) is 4.79 Å². The zero-order chi connectivity index (χ0) is 21.3. The molecule has 1 aromatic carbocycles. The molecule has 3 aromatic rings. The van der Waals surface area contributed by atoms with Crippen molar-refractivity contribution in [2.75, 3.05) is 26.4 Å². The number of hydrogen-bond acceptors (Lipinski definition) is 4. The lowest BCUT2D eigenvalue weighted by Gasteiger charge is -2.25. The zero-order valence-electron chi connectivity index (χ0n) is 18.4. The van der Waals surface area contributed by atoms with E-state index in [-0.39, 0.29) is 11.6 Å². The van der Waals surface area contributed by atoms with Gasteiger partial charge in [-0.05, 0) is 62.9 Å². The minimum atomic E-state index is 0.0389. The van der Waals surface area contributed by atoms with Gasteiger partial charge in [0, 0.05) is 44.5 Å². The van der Waals surface area contributed by atoms with E-state index in [1.807, 2.05) is 26.1 Å². The van der Waals surface area contributed by atoms with Crippen LogP contribution in [0.15, 0.2) is 35.3 Å². The summed E-state index contributed by atoms with van der Waals surface area (Å²) in [5.41, 5.74) is 5.03. The van der Waals surface area contributed by atoms with Crippen molar-refractivity contribution in [3.8, 4) is 11.1 Å². The number of hydrogen-bond donors (Lipinski definition) is 0. The lowest BCUT2D eigenvalue weighted by Crippen LogP contribution is -2.21. The average molecular weight is 410 g/mol. The van der Waals surface area contributed by atoms with E-state index in [2.05, 4.69) is 29.7 Å². The Morgan fingerprint density at radius 1 is 1.23 bits per heavy atom. The van der Waals surface area contributed by atoms with E-state index >= 15 is 0 Å². The maximum absolute atomic E-state index is 12.1. The van der Waals surface area contributed by atoms with Crippen LogP contribution in [-0.2, 0) is 16.5 Å². The van der Waals surface area contributed by atoms with Crippen LogP contribution >= 0.6 is 0 Å². The van der Waals surface area contributed by atoms with E-state index in [0.29, 0.717) is 19.1 Å². The number of rotatable bonds is 6. The van der Waals surface area contributed by atoms with Gasteiger partial charge in [0.1, 0.15) is 5.82 Å². The molecule has 0 aliphatic carbocycles. The average Bonchev–Trinajstić information content (AvgIpc) is 3.15. The van der Waals surface area contributed by atoms with Crippen LogP contribution in [0.3, 0.4) is 0 Å². The molecule has 2 aromatic heterocycles. The van der Waals surface area contributed by atoms with E-state index < -0.39 is 0 Å². The molecule has 0 spiro atoms. The lowest BCUT2D eigenvalue weighted by atomic mass is 9.99. The van der Waals surface area contributed by atoms with Crippen molar-refractivity contribution in [1.82, 2.24) is 14.1 Å². The molecule has 0 N–H and O–H groups in total. The Morgan fingerprint density at radius 2 is 2.00 bits per heavy atom. The Labute approximate surface area is 177 Å². The van der Waals surface area contributed by atoms with Gasteiger partial charge in [0.2, 0.25) is 0 Å². The third-order valence-electron chi connectivity index (χ3n) is 6.00. The number of nitrogens with zero attached hydrogens (tertiary/aromatic N) is 3. The van der Waals surface area contributed by atoms with Crippen LogP contribution in [0, 0.1) is 6.92 Å². The molecule has 4 rings (SSSR count). The Bertz CT molecular complexity index is 1070. The van der Waals surface area contributed by atoms with Gasteiger partial charge >= 0.3 is 0 Å². The predicted molar refractivity (Wildman–Crippen MR) is 119 cm³/mol. The number of aromatic nitrogens is 3. The Balaban J connectivity index is 1.84. The van der Waals surface area contributed by atoms with Gasteiger partial charge in [0.15, 0.2) is 0 Å². The second kappa shape index (κ2) is 8.74. The van der Waals surface area contributed by atoms with Crippen LogP contribution in [0.25, 0.3) is 22.2 Å². The van der Waals surface area contributed by atoms with E-state index in [0.717, 1.165) is 59.6 Å². The van der Waals surface area contributed by atoms with E-state index in [4.69, 9.17) is 14.5 Å². The first kappa shape index (κ1) is 20.8. The van der Waals surface area contributed by atoms with Crippen LogP contribution in [0.4, 0.5) is 0 Å². The van der Waals surface area contributed by atoms with Crippen LogP contribution in [0.2, 0.25) is 0 Å². The molecular formula is C24H31N3O3. The minimum absolute atomic E-state index is 0.0389. The largest absolute Gasteiger partial charge is 0.381 e. The van der Waals surface area contributed by atoms with Gasteiger partial charge in [0.25, 0.3) is 5.56 Å². The molecule has 1 fully saturated rings. The van der Waals surface area contributed by atoms with E-state index in [1.54, 1.807) is 11.6 Å². The van der Waals surface area contributed by atoms with Gasteiger partial charge in [-0.1, -0.05) is 6.07 Å². The highest BCUT2D eigenvalue weighted by Gasteiger charge is 2.25. The van der Waals surface area contributed by atoms with Gasteiger partial charge in [-0.2, -0.15) is 0 Å². The smallest absolute Gasteiger partial charge is 0.253 e. The maximum Gasteiger partial charge on any atom is 0.253 e. The molecule has 0 unspecified atom stereocenters. The summed E-state index contributed by atoms with van der Waals surface area (Å²) >= 11 is 0. The van der Waals surface area contributed by atoms with Gasteiger partial charge in [-0.15, -0.1) is 0 Å².